The van der Waals surface area contributed by atoms with Crippen LogP contribution in [0.3, 0.4) is 0 Å². The topological polar surface area (TPSA) is 106 Å². The average molecular weight is 566 g/mol. The highest BCUT2D eigenvalue weighted by atomic mass is 32.1. The number of aromatic nitrogens is 1. The molecule has 3 aromatic carbocycles. The molecule has 1 unspecified atom stereocenters. The molecule has 0 N–H and O–H groups in total. The van der Waals surface area contributed by atoms with Crippen LogP contribution >= 0.6 is 11.3 Å². The highest BCUT2D eigenvalue weighted by Crippen LogP contribution is 2.44. The van der Waals surface area contributed by atoms with Crippen LogP contribution in [0.5, 0.6) is 0 Å². The first-order chi connectivity index (χ1) is 20.0. The highest BCUT2D eigenvalue weighted by Gasteiger charge is 2.39. The highest BCUT2D eigenvalue weighted by molar-refractivity contribution is 7.09. The van der Waals surface area contributed by atoms with Gasteiger partial charge in [-0.05, 0) is 40.8 Å². The molecule has 7 rings (SSSR count). The number of amides is 3. The second-order valence-electron chi connectivity index (χ2n) is 10.1. The van der Waals surface area contributed by atoms with Crippen molar-refractivity contribution in [2.24, 2.45) is 0 Å². The normalized spacial score (nSPS) is 17.4. The van der Waals surface area contributed by atoms with E-state index in [1.54, 1.807) is 17.0 Å². The third-order valence-corrected chi connectivity index (χ3v) is 8.80. The van der Waals surface area contributed by atoms with Crippen molar-refractivity contribution in [3.63, 3.8) is 0 Å². The van der Waals surface area contributed by atoms with Crippen molar-refractivity contribution in [2.75, 3.05) is 19.7 Å². The number of carbonyl (C=O) groups excluding carboxylic acids is 4. The van der Waals surface area contributed by atoms with Crippen molar-refractivity contribution in [1.29, 1.82) is 0 Å². The van der Waals surface area contributed by atoms with E-state index >= 15 is 0 Å². The maximum absolute atomic E-state index is 13.0. The third-order valence-electron chi connectivity index (χ3n) is 7.79. The van der Waals surface area contributed by atoms with Gasteiger partial charge in [0.05, 0.1) is 16.1 Å². The zero-order valence-electron chi connectivity index (χ0n) is 21.7. The fourth-order valence-electron chi connectivity index (χ4n) is 5.76. The fourth-order valence-corrected chi connectivity index (χ4v) is 6.68. The van der Waals surface area contributed by atoms with Gasteiger partial charge in [-0.1, -0.05) is 65.7 Å². The minimum atomic E-state index is -0.895. The number of ether oxygens (including phenoxy) is 1. The third kappa shape index (κ3) is 4.27. The minimum absolute atomic E-state index is 0.00106. The maximum Gasteiger partial charge on any atom is 0.409 e. The summed E-state index contributed by atoms with van der Waals surface area (Å²) in [4.78, 5) is 61.9. The van der Waals surface area contributed by atoms with Crippen molar-refractivity contribution < 1.29 is 28.8 Å². The van der Waals surface area contributed by atoms with E-state index in [2.05, 4.69) is 29.2 Å². The molecule has 1 aromatic heterocycles. The minimum Gasteiger partial charge on any atom is -0.448 e. The molecule has 0 saturated carbocycles. The Balaban J connectivity index is 0.969. The standard InChI is InChI=1S/C31H23N3O6S/c35-28-23-11-5-6-12-24(23)29(36)34(28)40-30(37)26-17-41-27(32-26)18-13-14-33(15-18)31(38)39-16-25-21-9-3-1-7-19(21)20-8-2-4-10-22(20)25/h1-12,17-18,25H,13-16H2. The summed E-state index contributed by atoms with van der Waals surface area (Å²) in [5.41, 5.74) is 5.03. The number of imide groups is 1. The van der Waals surface area contributed by atoms with Gasteiger partial charge in [-0.25, -0.2) is 14.6 Å². The second kappa shape index (κ2) is 9.97. The number of fused-ring (bicyclic) bond motifs is 4. The summed E-state index contributed by atoms with van der Waals surface area (Å²) < 4.78 is 5.80. The molecule has 2 aliphatic heterocycles. The summed E-state index contributed by atoms with van der Waals surface area (Å²) in [7, 11) is 0. The van der Waals surface area contributed by atoms with Crippen LogP contribution in [0, 0.1) is 0 Å². The summed E-state index contributed by atoms with van der Waals surface area (Å²) in [6.45, 7) is 1.17. The first-order valence-electron chi connectivity index (χ1n) is 13.2. The lowest BCUT2D eigenvalue weighted by Crippen LogP contribution is -2.32. The van der Waals surface area contributed by atoms with Crippen LogP contribution in [0.4, 0.5) is 4.79 Å². The maximum atomic E-state index is 13.0. The zero-order valence-corrected chi connectivity index (χ0v) is 22.5. The van der Waals surface area contributed by atoms with Crippen LogP contribution in [0.1, 0.15) is 65.6 Å². The summed E-state index contributed by atoms with van der Waals surface area (Å²) in [6.07, 6.45) is 0.293. The molecular formula is C31H23N3O6S. The van der Waals surface area contributed by atoms with E-state index in [1.807, 2.05) is 24.3 Å². The molecule has 3 amide bonds. The molecule has 4 aromatic rings. The monoisotopic (exact) mass is 565 g/mol. The van der Waals surface area contributed by atoms with Gasteiger partial charge < -0.3 is 14.5 Å². The number of hydrogen-bond acceptors (Lipinski definition) is 8. The summed E-state index contributed by atoms with van der Waals surface area (Å²) in [6, 6.07) is 22.7. The quantitative estimate of drug-likeness (QED) is 0.304. The van der Waals surface area contributed by atoms with Gasteiger partial charge in [0.25, 0.3) is 11.8 Å². The zero-order chi connectivity index (χ0) is 28.1. The summed E-state index contributed by atoms with van der Waals surface area (Å²) >= 11 is 1.27. The predicted octanol–water partition coefficient (Wildman–Crippen LogP) is 5.25. The van der Waals surface area contributed by atoms with Crippen LogP contribution < -0.4 is 0 Å². The van der Waals surface area contributed by atoms with Gasteiger partial charge in [0, 0.05) is 30.3 Å². The van der Waals surface area contributed by atoms with Gasteiger partial charge >= 0.3 is 12.1 Å². The van der Waals surface area contributed by atoms with Crippen molar-refractivity contribution in [2.45, 2.75) is 18.3 Å². The Morgan fingerprint density at radius 1 is 0.854 bits per heavy atom. The molecule has 1 saturated heterocycles. The van der Waals surface area contributed by atoms with Gasteiger partial charge in [-0.2, -0.15) is 0 Å². The molecule has 1 atom stereocenters. The Labute approximate surface area is 238 Å². The Hall–Kier alpha value is -4.83. The Bertz CT molecular complexity index is 1650. The number of thiazole rings is 1. The summed E-state index contributed by atoms with van der Waals surface area (Å²) in [5.74, 6) is -2.36. The van der Waals surface area contributed by atoms with Gasteiger partial charge in [0.1, 0.15) is 6.61 Å². The first-order valence-corrected chi connectivity index (χ1v) is 14.1. The Kier molecular flexibility index (Phi) is 6.12. The molecule has 0 spiro atoms. The van der Waals surface area contributed by atoms with Gasteiger partial charge in [-0.15, -0.1) is 11.3 Å². The number of hydroxylamine groups is 2. The van der Waals surface area contributed by atoms with Crippen LogP contribution in [0.15, 0.2) is 78.2 Å². The largest absolute Gasteiger partial charge is 0.448 e. The van der Waals surface area contributed by atoms with E-state index in [0.717, 1.165) is 11.1 Å². The molecule has 204 valence electrons. The van der Waals surface area contributed by atoms with Crippen LogP contribution in [-0.4, -0.2) is 58.5 Å². The molecule has 1 fully saturated rings. The molecule has 41 heavy (non-hydrogen) atoms. The Morgan fingerprint density at radius 2 is 1.44 bits per heavy atom. The van der Waals surface area contributed by atoms with Crippen molar-refractivity contribution >= 4 is 35.2 Å². The number of likely N-dealkylation sites (tertiary alicyclic amines) is 1. The smallest absolute Gasteiger partial charge is 0.409 e. The molecule has 1 aliphatic carbocycles. The van der Waals surface area contributed by atoms with Crippen molar-refractivity contribution in [1.82, 2.24) is 14.9 Å². The van der Waals surface area contributed by atoms with E-state index in [9.17, 15) is 19.2 Å². The lowest BCUT2D eigenvalue weighted by Gasteiger charge is -2.19. The number of rotatable bonds is 5. The Morgan fingerprint density at radius 3 is 2.07 bits per heavy atom. The van der Waals surface area contributed by atoms with Crippen molar-refractivity contribution in [3.05, 3.63) is 111 Å². The molecular weight excluding hydrogens is 542 g/mol. The van der Waals surface area contributed by atoms with Crippen LogP contribution in [-0.2, 0) is 9.57 Å². The van der Waals surface area contributed by atoms with Crippen LogP contribution in [0.2, 0.25) is 0 Å². The van der Waals surface area contributed by atoms with Crippen LogP contribution in [0.25, 0.3) is 11.1 Å². The fraction of sp³-hybridized carbons (Fsp3) is 0.194. The van der Waals surface area contributed by atoms with E-state index in [-0.39, 0.29) is 41.4 Å². The average Bonchev–Trinajstić information content (AvgIpc) is 3.79. The van der Waals surface area contributed by atoms with E-state index in [1.165, 1.54) is 40.0 Å². The second-order valence-corrected chi connectivity index (χ2v) is 11.0. The molecule has 9 nitrogen and oxygen atoms in total. The number of benzene rings is 3. The number of nitrogens with zero attached hydrogens (tertiary/aromatic N) is 3. The molecule has 0 bridgehead atoms. The molecule has 3 aliphatic rings. The van der Waals surface area contributed by atoms with Gasteiger partial charge in [0.2, 0.25) is 0 Å². The van der Waals surface area contributed by atoms with E-state index < -0.39 is 17.8 Å². The number of carbonyl (C=O) groups is 4. The first kappa shape index (κ1) is 25.2. The lowest BCUT2D eigenvalue weighted by molar-refractivity contribution is -0.0588. The lowest BCUT2D eigenvalue weighted by atomic mass is 9.98. The van der Waals surface area contributed by atoms with E-state index in [0.29, 0.717) is 29.6 Å². The predicted molar refractivity (Wildman–Crippen MR) is 148 cm³/mol. The van der Waals surface area contributed by atoms with Gasteiger partial charge in [-0.3, -0.25) is 9.59 Å². The van der Waals surface area contributed by atoms with Gasteiger partial charge in [0.15, 0.2) is 5.69 Å². The number of hydrogen-bond donors (Lipinski definition) is 0. The molecule has 10 heteroatoms. The molecule has 0 radical (unpaired) electrons. The molecule has 3 heterocycles. The summed E-state index contributed by atoms with van der Waals surface area (Å²) in [5, 5.41) is 2.68. The van der Waals surface area contributed by atoms with Crippen molar-refractivity contribution in [3.8, 4) is 11.1 Å². The van der Waals surface area contributed by atoms with E-state index in [4.69, 9.17) is 9.57 Å². The SMILES string of the molecule is O=C(ON1C(=O)c2ccccc2C1=O)c1csc(C2CCN(C(=O)OCC3c4ccccc4-c4ccccc43)C2)n1.